The van der Waals surface area contributed by atoms with Crippen LogP contribution in [-0.2, 0) is 19.6 Å². The summed E-state index contributed by atoms with van der Waals surface area (Å²) in [5.41, 5.74) is 4.43. The monoisotopic (exact) mass is 445 g/mol. The van der Waals surface area contributed by atoms with Gasteiger partial charge in [-0.3, -0.25) is 9.48 Å². The van der Waals surface area contributed by atoms with E-state index in [1.54, 1.807) is 23.1 Å². The Bertz CT molecular complexity index is 1200. The van der Waals surface area contributed by atoms with E-state index in [9.17, 15) is 4.79 Å². The van der Waals surface area contributed by atoms with E-state index in [1.165, 1.54) is 5.56 Å². The van der Waals surface area contributed by atoms with E-state index in [2.05, 4.69) is 29.5 Å². The molecule has 6 heteroatoms. The van der Waals surface area contributed by atoms with Crippen LogP contribution in [0.15, 0.2) is 85.2 Å². The summed E-state index contributed by atoms with van der Waals surface area (Å²) < 4.78 is 7.62. The zero-order valence-corrected chi connectivity index (χ0v) is 18.5. The molecule has 4 aromatic rings. The molecule has 1 amide bonds. The molecule has 0 unspecified atom stereocenters. The molecule has 0 saturated heterocycles. The molecule has 162 valence electrons. The standard InChI is InChI=1S/C26H24ClN3O2/c1-2-19-9-11-25(12-10-19)32-18-21-6-3-7-22(13-21)26(31)29-24-15-28-30(17-24)16-20-5-4-8-23(27)14-20/h3-15,17H,2,16,18H2,1H3,(H,29,31). The first-order valence-electron chi connectivity index (χ1n) is 10.5. The van der Waals surface area contributed by atoms with Crippen molar-refractivity contribution >= 4 is 23.2 Å². The summed E-state index contributed by atoms with van der Waals surface area (Å²) >= 11 is 6.04. The molecule has 1 N–H and O–H groups in total. The Kier molecular flexibility index (Phi) is 6.87. The van der Waals surface area contributed by atoms with Gasteiger partial charge in [-0.1, -0.05) is 54.9 Å². The molecular formula is C26H24ClN3O2. The SMILES string of the molecule is CCc1ccc(OCc2cccc(C(=O)Nc3cnn(Cc4cccc(Cl)c4)c3)c2)cc1. The lowest BCUT2D eigenvalue weighted by atomic mass is 10.1. The fourth-order valence-electron chi connectivity index (χ4n) is 3.33. The molecular weight excluding hydrogens is 422 g/mol. The van der Waals surface area contributed by atoms with E-state index < -0.39 is 0 Å². The molecule has 0 saturated carbocycles. The minimum Gasteiger partial charge on any atom is -0.489 e. The number of benzene rings is 3. The lowest BCUT2D eigenvalue weighted by Gasteiger charge is -2.09. The van der Waals surface area contributed by atoms with Gasteiger partial charge >= 0.3 is 0 Å². The molecule has 3 aromatic carbocycles. The van der Waals surface area contributed by atoms with E-state index in [4.69, 9.17) is 16.3 Å². The Morgan fingerprint density at radius 2 is 1.78 bits per heavy atom. The van der Waals surface area contributed by atoms with Crippen molar-refractivity contribution in [3.63, 3.8) is 0 Å². The van der Waals surface area contributed by atoms with Crippen LogP contribution in [0.2, 0.25) is 5.02 Å². The number of hydrogen-bond acceptors (Lipinski definition) is 3. The molecule has 0 fully saturated rings. The van der Waals surface area contributed by atoms with Crippen molar-refractivity contribution in [2.24, 2.45) is 0 Å². The van der Waals surface area contributed by atoms with Gasteiger partial charge in [-0.2, -0.15) is 5.10 Å². The van der Waals surface area contributed by atoms with Gasteiger partial charge in [-0.05, 0) is 59.5 Å². The lowest BCUT2D eigenvalue weighted by Crippen LogP contribution is -2.12. The minimum atomic E-state index is -0.193. The zero-order chi connectivity index (χ0) is 22.3. The number of rotatable bonds is 8. The third kappa shape index (κ3) is 5.77. The number of halogens is 1. The van der Waals surface area contributed by atoms with Crippen molar-refractivity contribution in [2.45, 2.75) is 26.5 Å². The van der Waals surface area contributed by atoms with Crippen LogP contribution in [0.4, 0.5) is 5.69 Å². The average molecular weight is 446 g/mol. The molecule has 0 aliphatic carbocycles. The topological polar surface area (TPSA) is 56.1 Å². The maximum Gasteiger partial charge on any atom is 0.255 e. The maximum atomic E-state index is 12.7. The fraction of sp³-hybridized carbons (Fsp3) is 0.154. The number of amides is 1. The van der Waals surface area contributed by atoms with E-state index in [1.807, 2.05) is 54.6 Å². The van der Waals surface area contributed by atoms with Crippen molar-refractivity contribution < 1.29 is 9.53 Å². The minimum absolute atomic E-state index is 0.193. The highest BCUT2D eigenvalue weighted by atomic mass is 35.5. The summed E-state index contributed by atoms with van der Waals surface area (Å²) in [6.07, 6.45) is 4.43. The van der Waals surface area contributed by atoms with Gasteiger partial charge in [0, 0.05) is 16.8 Å². The van der Waals surface area contributed by atoms with Crippen LogP contribution in [0.25, 0.3) is 0 Å². The third-order valence-electron chi connectivity index (χ3n) is 5.05. The van der Waals surface area contributed by atoms with Crippen LogP contribution >= 0.6 is 11.6 Å². The number of hydrogen-bond donors (Lipinski definition) is 1. The van der Waals surface area contributed by atoms with Crippen LogP contribution in [0.5, 0.6) is 5.75 Å². The molecule has 1 heterocycles. The Hall–Kier alpha value is -3.57. The molecule has 4 rings (SSSR count). The number of aryl methyl sites for hydroxylation is 1. The second-order valence-electron chi connectivity index (χ2n) is 7.50. The summed E-state index contributed by atoms with van der Waals surface area (Å²) in [6, 6.07) is 23.1. The molecule has 1 aromatic heterocycles. The smallest absolute Gasteiger partial charge is 0.255 e. The van der Waals surface area contributed by atoms with E-state index in [0.29, 0.717) is 29.4 Å². The molecule has 0 aliphatic rings. The number of nitrogens with one attached hydrogen (secondary N) is 1. The molecule has 0 aliphatic heterocycles. The molecule has 0 bridgehead atoms. The average Bonchev–Trinajstić information content (AvgIpc) is 3.24. The normalized spacial score (nSPS) is 10.7. The number of anilines is 1. The summed E-state index contributed by atoms with van der Waals surface area (Å²) in [7, 11) is 0. The van der Waals surface area contributed by atoms with Crippen LogP contribution in [0.3, 0.4) is 0 Å². The fourth-order valence-corrected chi connectivity index (χ4v) is 3.54. The van der Waals surface area contributed by atoms with Crippen molar-refractivity contribution in [1.82, 2.24) is 9.78 Å². The predicted octanol–water partition coefficient (Wildman–Crippen LogP) is 5.98. The van der Waals surface area contributed by atoms with Gasteiger partial charge in [-0.25, -0.2) is 0 Å². The quantitative estimate of drug-likeness (QED) is 0.363. The van der Waals surface area contributed by atoms with Crippen LogP contribution in [-0.4, -0.2) is 15.7 Å². The number of ether oxygens (including phenoxy) is 1. The predicted molar refractivity (Wildman–Crippen MR) is 127 cm³/mol. The summed E-state index contributed by atoms with van der Waals surface area (Å²) in [5, 5.41) is 7.91. The first-order valence-corrected chi connectivity index (χ1v) is 10.9. The van der Waals surface area contributed by atoms with Crippen molar-refractivity contribution in [1.29, 1.82) is 0 Å². The third-order valence-corrected chi connectivity index (χ3v) is 5.29. The summed E-state index contributed by atoms with van der Waals surface area (Å²) in [4.78, 5) is 12.7. The van der Waals surface area contributed by atoms with Gasteiger partial charge in [0.15, 0.2) is 0 Å². The first-order chi connectivity index (χ1) is 15.6. The molecule has 5 nitrogen and oxygen atoms in total. The van der Waals surface area contributed by atoms with Crippen LogP contribution in [0, 0.1) is 0 Å². The lowest BCUT2D eigenvalue weighted by molar-refractivity contribution is 0.102. The second kappa shape index (κ2) is 10.2. The molecule has 0 radical (unpaired) electrons. The second-order valence-corrected chi connectivity index (χ2v) is 7.93. The summed E-state index contributed by atoms with van der Waals surface area (Å²) in [5.74, 6) is 0.616. The van der Waals surface area contributed by atoms with Crippen LogP contribution in [0.1, 0.15) is 34.0 Å². The van der Waals surface area contributed by atoms with Gasteiger partial charge < -0.3 is 10.1 Å². The number of carbonyl (C=O) groups excluding carboxylic acids is 1. The molecule has 32 heavy (non-hydrogen) atoms. The number of nitrogens with zero attached hydrogens (tertiary/aromatic N) is 2. The summed E-state index contributed by atoms with van der Waals surface area (Å²) in [6.45, 7) is 3.09. The highest BCUT2D eigenvalue weighted by Gasteiger charge is 2.09. The van der Waals surface area contributed by atoms with Crippen molar-refractivity contribution in [3.05, 3.63) is 112 Å². The molecule has 0 spiro atoms. The van der Waals surface area contributed by atoms with E-state index in [-0.39, 0.29) is 5.91 Å². The maximum absolute atomic E-state index is 12.7. The first kappa shape index (κ1) is 21.7. The zero-order valence-electron chi connectivity index (χ0n) is 17.8. The largest absolute Gasteiger partial charge is 0.489 e. The van der Waals surface area contributed by atoms with Gasteiger partial charge in [0.1, 0.15) is 12.4 Å². The van der Waals surface area contributed by atoms with Gasteiger partial charge in [0.2, 0.25) is 0 Å². The number of aromatic nitrogens is 2. The highest BCUT2D eigenvalue weighted by molar-refractivity contribution is 6.30. The van der Waals surface area contributed by atoms with Gasteiger partial charge in [0.25, 0.3) is 5.91 Å². The Labute approximate surface area is 192 Å². The van der Waals surface area contributed by atoms with E-state index >= 15 is 0 Å². The Balaban J connectivity index is 1.36. The Morgan fingerprint density at radius 3 is 2.56 bits per heavy atom. The van der Waals surface area contributed by atoms with Gasteiger partial charge in [-0.15, -0.1) is 0 Å². The number of carbonyl (C=O) groups is 1. The van der Waals surface area contributed by atoms with Gasteiger partial charge in [0.05, 0.1) is 18.4 Å². The Morgan fingerprint density at radius 1 is 1.00 bits per heavy atom. The van der Waals surface area contributed by atoms with Crippen molar-refractivity contribution in [2.75, 3.05) is 5.32 Å². The highest BCUT2D eigenvalue weighted by Crippen LogP contribution is 2.17. The van der Waals surface area contributed by atoms with E-state index in [0.717, 1.165) is 23.3 Å². The van der Waals surface area contributed by atoms with Crippen LogP contribution < -0.4 is 10.1 Å². The van der Waals surface area contributed by atoms with Crippen molar-refractivity contribution in [3.8, 4) is 5.75 Å². The molecule has 0 atom stereocenters.